The van der Waals surface area contributed by atoms with Crippen molar-refractivity contribution in [2.75, 3.05) is 14.2 Å². The summed E-state index contributed by atoms with van der Waals surface area (Å²) in [6.07, 6.45) is 3.33. The number of methoxy groups -OCH3 is 1. The summed E-state index contributed by atoms with van der Waals surface area (Å²) in [5.41, 5.74) is 8.22. The van der Waals surface area contributed by atoms with Crippen LogP contribution in [0.4, 0.5) is 0 Å². The van der Waals surface area contributed by atoms with Crippen LogP contribution in [0.3, 0.4) is 0 Å². The van der Waals surface area contributed by atoms with Gasteiger partial charge in [0.2, 0.25) is 0 Å². The number of guanidine groups is 1. The van der Waals surface area contributed by atoms with Crippen LogP contribution in [-0.4, -0.2) is 35.9 Å². The highest BCUT2D eigenvalue weighted by atomic mass is 35.5. The van der Waals surface area contributed by atoms with E-state index in [0.717, 1.165) is 37.8 Å². The van der Waals surface area contributed by atoms with Crippen LogP contribution >= 0.6 is 23.4 Å². The van der Waals surface area contributed by atoms with E-state index in [9.17, 15) is 4.79 Å². The molecule has 1 unspecified atom stereocenters. The number of aliphatic imine (C=N–C) groups is 1. The van der Waals surface area contributed by atoms with E-state index >= 15 is 0 Å². The van der Waals surface area contributed by atoms with Crippen LogP contribution in [0.2, 0.25) is 5.02 Å². The molecule has 8 heteroatoms. The van der Waals surface area contributed by atoms with E-state index < -0.39 is 5.54 Å². The first-order chi connectivity index (χ1) is 14.4. The van der Waals surface area contributed by atoms with Gasteiger partial charge >= 0.3 is 0 Å². The number of hydrogen-bond donors (Lipinski definition) is 1. The maximum atomic E-state index is 13.5. The summed E-state index contributed by atoms with van der Waals surface area (Å²) < 4.78 is 5.39. The van der Waals surface area contributed by atoms with Gasteiger partial charge < -0.3 is 10.5 Å². The number of pyridine rings is 1. The molecule has 1 amide bonds. The summed E-state index contributed by atoms with van der Waals surface area (Å²) in [5, 5.41) is 0.547. The molecular weight excluding hydrogens is 420 g/mol. The van der Waals surface area contributed by atoms with Crippen molar-refractivity contribution in [3.05, 3.63) is 71.0 Å². The maximum absolute atomic E-state index is 13.5. The molecule has 1 aromatic heterocycles. The molecule has 1 spiro atoms. The predicted molar refractivity (Wildman–Crippen MR) is 117 cm³/mol. The Labute approximate surface area is 182 Å². The Morgan fingerprint density at radius 1 is 1.07 bits per heavy atom. The zero-order chi connectivity index (χ0) is 21.0. The standard InChI is InChI=1S/C22H17ClN4O2S/c1-27-20(28)22(26-21(27)24)16-5-4-15(29-2)9-19(16)30-18-6-3-12(8-17(18)22)13-7-14(23)11-25-10-13/h3-11H,1-2H3,(H2,24,26). The zero-order valence-corrected chi connectivity index (χ0v) is 17.8. The lowest BCUT2D eigenvalue weighted by Gasteiger charge is -2.34. The van der Waals surface area contributed by atoms with Crippen molar-refractivity contribution in [2.24, 2.45) is 10.7 Å². The molecule has 1 atom stereocenters. The number of amides is 1. The quantitative estimate of drug-likeness (QED) is 0.658. The van der Waals surface area contributed by atoms with E-state index in [1.165, 1.54) is 4.90 Å². The van der Waals surface area contributed by atoms with Crippen LogP contribution in [0.15, 0.2) is 69.6 Å². The number of benzene rings is 2. The Bertz CT molecular complexity index is 1250. The fraction of sp³-hybridized carbons (Fsp3) is 0.136. The monoisotopic (exact) mass is 436 g/mol. The normalized spacial score (nSPS) is 19.5. The third kappa shape index (κ3) is 2.62. The third-order valence-electron chi connectivity index (χ3n) is 5.45. The van der Waals surface area contributed by atoms with Crippen molar-refractivity contribution in [3.8, 4) is 16.9 Å². The first-order valence-electron chi connectivity index (χ1n) is 9.19. The number of carbonyl (C=O) groups is 1. The average Bonchev–Trinajstić information content (AvgIpc) is 2.98. The van der Waals surface area contributed by atoms with Crippen molar-refractivity contribution < 1.29 is 9.53 Å². The fourth-order valence-electron chi connectivity index (χ4n) is 3.92. The van der Waals surface area contributed by atoms with Gasteiger partial charge in [0.1, 0.15) is 5.75 Å². The van der Waals surface area contributed by atoms with E-state index in [4.69, 9.17) is 27.1 Å². The van der Waals surface area contributed by atoms with Crippen LogP contribution < -0.4 is 10.5 Å². The number of carbonyl (C=O) groups excluding carboxylic acids is 1. The predicted octanol–water partition coefficient (Wildman–Crippen LogP) is 3.91. The maximum Gasteiger partial charge on any atom is 0.266 e. The highest BCUT2D eigenvalue weighted by Crippen LogP contribution is 2.53. The molecule has 2 aliphatic heterocycles. The molecule has 6 nitrogen and oxygen atoms in total. The largest absolute Gasteiger partial charge is 0.497 e. The van der Waals surface area contributed by atoms with Crippen molar-refractivity contribution in [1.29, 1.82) is 0 Å². The SMILES string of the molecule is COc1ccc2c(c1)Sc1ccc(-c3cncc(Cl)c3)cc1C21N=C(N)N(C)C1=O. The Hall–Kier alpha value is -3.03. The minimum Gasteiger partial charge on any atom is -0.497 e. The van der Waals surface area contributed by atoms with Crippen molar-refractivity contribution >= 4 is 35.2 Å². The topological polar surface area (TPSA) is 80.8 Å². The molecule has 2 N–H and O–H groups in total. The number of fused-ring (bicyclic) bond motifs is 4. The number of likely N-dealkylation sites (N-methyl/N-ethyl adjacent to an activating group) is 1. The van der Waals surface area contributed by atoms with Crippen molar-refractivity contribution in [3.63, 3.8) is 0 Å². The first-order valence-corrected chi connectivity index (χ1v) is 10.4. The summed E-state index contributed by atoms with van der Waals surface area (Å²) in [6, 6.07) is 13.5. The Kier molecular flexibility index (Phi) is 4.27. The smallest absolute Gasteiger partial charge is 0.266 e. The van der Waals surface area contributed by atoms with Gasteiger partial charge in [0.05, 0.1) is 12.1 Å². The Morgan fingerprint density at radius 2 is 1.90 bits per heavy atom. The van der Waals surface area contributed by atoms with E-state index in [1.54, 1.807) is 38.3 Å². The van der Waals surface area contributed by atoms with Crippen LogP contribution in [0.5, 0.6) is 5.75 Å². The summed E-state index contributed by atoms with van der Waals surface area (Å²) in [4.78, 5) is 25.7. The molecule has 0 saturated heterocycles. The molecule has 2 aliphatic rings. The van der Waals surface area contributed by atoms with Crippen molar-refractivity contribution in [2.45, 2.75) is 15.3 Å². The molecule has 5 rings (SSSR count). The summed E-state index contributed by atoms with van der Waals surface area (Å²) in [7, 11) is 3.26. The van der Waals surface area contributed by atoms with Gasteiger partial charge in [-0.3, -0.25) is 14.7 Å². The minimum absolute atomic E-state index is 0.186. The van der Waals surface area contributed by atoms with Gasteiger partial charge in [0.25, 0.3) is 5.91 Å². The van der Waals surface area contributed by atoms with Crippen LogP contribution in [0.25, 0.3) is 11.1 Å². The number of rotatable bonds is 2. The summed E-state index contributed by atoms with van der Waals surface area (Å²) >= 11 is 7.72. The highest BCUT2D eigenvalue weighted by molar-refractivity contribution is 7.99. The van der Waals surface area contributed by atoms with E-state index in [0.29, 0.717) is 5.02 Å². The molecule has 0 fully saturated rings. The van der Waals surface area contributed by atoms with Crippen LogP contribution in [0, 0.1) is 0 Å². The molecule has 3 aromatic rings. The summed E-state index contributed by atoms with van der Waals surface area (Å²) in [5.74, 6) is 0.723. The molecule has 0 saturated carbocycles. The lowest BCUT2D eigenvalue weighted by atomic mass is 9.81. The molecule has 0 bridgehead atoms. The molecule has 0 radical (unpaired) electrons. The Balaban J connectivity index is 1.78. The second-order valence-electron chi connectivity index (χ2n) is 7.11. The number of halogens is 1. The number of nitrogens with two attached hydrogens (primary N) is 1. The number of ether oxygens (including phenoxy) is 1. The first kappa shape index (κ1) is 19.0. The third-order valence-corrected chi connectivity index (χ3v) is 6.79. The number of aromatic nitrogens is 1. The van der Waals surface area contributed by atoms with E-state index in [2.05, 4.69) is 4.98 Å². The average molecular weight is 437 g/mol. The minimum atomic E-state index is -1.23. The van der Waals surface area contributed by atoms with Gasteiger partial charge in [0.15, 0.2) is 11.5 Å². The van der Waals surface area contributed by atoms with Gasteiger partial charge in [-0.1, -0.05) is 35.5 Å². The number of nitrogens with zero attached hydrogens (tertiary/aromatic N) is 3. The molecule has 30 heavy (non-hydrogen) atoms. The highest BCUT2D eigenvalue weighted by Gasteiger charge is 2.53. The second-order valence-corrected chi connectivity index (χ2v) is 8.63. The summed E-state index contributed by atoms with van der Waals surface area (Å²) in [6.45, 7) is 0. The molecular formula is C22H17ClN4O2S. The zero-order valence-electron chi connectivity index (χ0n) is 16.2. The van der Waals surface area contributed by atoms with Crippen molar-refractivity contribution in [1.82, 2.24) is 9.88 Å². The number of hydrogen-bond acceptors (Lipinski definition) is 6. The van der Waals surface area contributed by atoms with Gasteiger partial charge in [-0.15, -0.1) is 0 Å². The van der Waals surface area contributed by atoms with Gasteiger partial charge in [-0.2, -0.15) is 0 Å². The molecule has 2 aromatic carbocycles. The molecule has 0 aliphatic carbocycles. The fourth-order valence-corrected chi connectivity index (χ4v) is 5.28. The van der Waals surface area contributed by atoms with Gasteiger partial charge in [-0.25, -0.2) is 4.99 Å². The van der Waals surface area contributed by atoms with Gasteiger partial charge in [-0.05, 0) is 35.9 Å². The lowest BCUT2D eigenvalue weighted by Crippen LogP contribution is -2.42. The van der Waals surface area contributed by atoms with Gasteiger partial charge in [0, 0.05) is 45.9 Å². The molecule has 150 valence electrons. The van der Waals surface area contributed by atoms with E-state index in [1.807, 2.05) is 42.5 Å². The van der Waals surface area contributed by atoms with Crippen LogP contribution in [-0.2, 0) is 10.3 Å². The molecule has 3 heterocycles. The van der Waals surface area contributed by atoms with E-state index in [-0.39, 0.29) is 11.9 Å². The van der Waals surface area contributed by atoms with Crippen LogP contribution in [0.1, 0.15) is 11.1 Å². The Morgan fingerprint density at radius 3 is 2.60 bits per heavy atom. The second kappa shape index (κ2) is 6.75. The lowest BCUT2D eigenvalue weighted by molar-refractivity contribution is -0.129.